The molecule has 166 valence electrons. The maximum absolute atomic E-state index is 12.3. The van der Waals surface area contributed by atoms with Gasteiger partial charge in [-0.1, -0.05) is 78.0 Å². The van der Waals surface area contributed by atoms with Crippen molar-refractivity contribution in [3.63, 3.8) is 0 Å². The Bertz CT molecular complexity index is 1230. The standard InChI is InChI=1S/C24H21ClN6OS/c25-21-14-8-7-9-18(21)15-27-29-23(32)17-33-24-30-28-22(16-26-19-10-3-1-4-11-19)31(24)20-12-5-2-6-13-20/h1-15,26H,16-17H2,(H,29,32)/b27-15-. The largest absolute Gasteiger partial charge is 0.378 e. The third kappa shape index (κ3) is 6.21. The van der Waals surface area contributed by atoms with Gasteiger partial charge >= 0.3 is 0 Å². The minimum atomic E-state index is -0.255. The molecule has 9 heteroatoms. The van der Waals surface area contributed by atoms with Crippen LogP contribution in [0.15, 0.2) is 95.2 Å². The predicted octanol–water partition coefficient (Wildman–Crippen LogP) is 4.78. The molecule has 0 atom stereocenters. The fourth-order valence-corrected chi connectivity index (χ4v) is 3.95. The van der Waals surface area contributed by atoms with Gasteiger partial charge in [-0.25, -0.2) is 5.43 Å². The molecule has 1 aromatic heterocycles. The molecule has 4 rings (SSSR count). The Hall–Kier alpha value is -3.62. The first-order valence-corrected chi connectivity index (χ1v) is 11.5. The summed E-state index contributed by atoms with van der Waals surface area (Å²) in [4.78, 5) is 12.3. The van der Waals surface area contributed by atoms with Crippen molar-refractivity contribution in [2.24, 2.45) is 5.10 Å². The van der Waals surface area contributed by atoms with Gasteiger partial charge in [0, 0.05) is 22.0 Å². The Morgan fingerprint density at radius 1 is 0.970 bits per heavy atom. The summed E-state index contributed by atoms with van der Waals surface area (Å²) in [6.07, 6.45) is 1.52. The molecule has 0 fully saturated rings. The Balaban J connectivity index is 1.43. The molecular weight excluding hydrogens is 456 g/mol. The quantitative estimate of drug-likeness (QED) is 0.206. The first kappa shape index (κ1) is 22.6. The van der Waals surface area contributed by atoms with Crippen LogP contribution in [0.1, 0.15) is 11.4 Å². The van der Waals surface area contributed by atoms with E-state index >= 15 is 0 Å². The molecule has 3 aromatic carbocycles. The van der Waals surface area contributed by atoms with Crippen molar-refractivity contribution in [3.05, 3.63) is 101 Å². The van der Waals surface area contributed by atoms with Gasteiger partial charge in [0.05, 0.1) is 18.5 Å². The maximum atomic E-state index is 12.3. The van der Waals surface area contributed by atoms with Crippen LogP contribution in [0.25, 0.3) is 5.69 Å². The summed E-state index contributed by atoms with van der Waals surface area (Å²) >= 11 is 7.38. The highest BCUT2D eigenvalue weighted by molar-refractivity contribution is 7.99. The van der Waals surface area contributed by atoms with E-state index in [4.69, 9.17) is 11.6 Å². The normalized spacial score (nSPS) is 10.9. The number of nitrogens with one attached hydrogen (secondary N) is 2. The summed E-state index contributed by atoms with van der Waals surface area (Å²) in [6.45, 7) is 0.487. The summed E-state index contributed by atoms with van der Waals surface area (Å²) < 4.78 is 1.95. The number of amides is 1. The van der Waals surface area contributed by atoms with E-state index in [1.54, 1.807) is 6.07 Å². The number of aromatic nitrogens is 3. The average molecular weight is 477 g/mol. The molecule has 0 saturated carbocycles. The first-order chi connectivity index (χ1) is 16.2. The summed E-state index contributed by atoms with van der Waals surface area (Å²) in [5.74, 6) is 0.622. The van der Waals surface area contributed by atoms with E-state index in [1.165, 1.54) is 18.0 Å². The molecule has 0 bridgehead atoms. The minimum absolute atomic E-state index is 0.136. The molecule has 4 aromatic rings. The van der Waals surface area contributed by atoms with Crippen molar-refractivity contribution in [2.45, 2.75) is 11.7 Å². The third-order valence-corrected chi connectivity index (χ3v) is 5.84. The smallest absolute Gasteiger partial charge is 0.250 e. The molecule has 0 saturated heterocycles. The van der Waals surface area contributed by atoms with Gasteiger partial charge in [0.1, 0.15) is 0 Å². The number of carbonyl (C=O) groups excluding carboxylic acids is 1. The average Bonchev–Trinajstić information content (AvgIpc) is 3.26. The van der Waals surface area contributed by atoms with Gasteiger partial charge in [-0.3, -0.25) is 9.36 Å². The number of hydrogen-bond acceptors (Lipinski definition) is 6. The van der Waals surface area contributed by atoms with E-state index in [2.05, 4.69) is 26.0 Å². The predicted molar refractivity (Wildman–Crippen MR) is 133 cm³/mol. The number of nitrogens with zero attached hydrogens (tertiary/aromatic N) is 4. The molecule has 1 amide bonds. The van der Waals surface area contributed by atoms with Crippen LogP contribution in [0.2, 0.25) is 5.02 Å². The van der Waals surface area contributed by atoms with E-state index in [-0.39, 0.29) is 11.7 Å². The minimum Gasteiger partial charge on any atom is -0.378 e. The number of hydrogen-bond donors (Lipinski definition) is 2. The highest BCUT2D eigenvalue weighted by Gasteiger charge is 2.15. The topological polar surface area (TPSA) is 84.2 Å². The SMILES string of the molecule is O=C(CSc1nnc(CNc2ccccc2)n1-c1ccccc1)N/N=C\c1ccccc1Cl. The van der Waals surface area contributed by atoms with Crippen LogP contribution in [0.3, 0.4) is 0 Å². The van der Waals surface area contributed by atoms with Gasteiger partial charge in [0.15, 0.2) is 11.0 Å². The summed E-state index contributed by atoms with van der Waals surface area (Å²) in [7, 11) is 0. The second-order valence-electron chi connectivity index (χ2n) is 6.89. The molecule has 0 radical (unpaired) electrons. The maximum Gasteiger partial charge on any atom is 0.250 e. The summed E-state index contributed by atoms with van der Waals surface area (Å²) in [6, 6.07) is 27.0. The molecule has 1 heterocycles. The van der Waals surface area contributed by atoms with Crippen molar-refractivity contribution in [1.82, 2.24) is 20.2 Å². The summed E-state index contributed by atoms with van der Waals surface area (Å²) in [5.41, 5.74) is 5.16. The Kier molecular flexibility index (Phi) is 7.73. The number of carbonyl (C=O) groups is 1. The lowest BCUT2D eigenvalue weighted by atomic mass is 10.2. The van der Waals surface area contributed by atoms with E-state index < -0.39 is 0 Å². The molecule has 0 aliphatic heterocycles. The van der Waals surface area contributed by atoms with E-state index in [0.29, 0.717) is 16.7 Å². The number of anilines is 1. The molecule has 7 nitrogen and oxygen atoms in total. The van der Waals surface area contributed by atoms with Gasteiger partial charge < -0.3 is 5.32 Å². The van der Waals surface area contributed by atoms with Crippen molar-refractivity contribution in [3.8, 4) is 5.69 Å². The zero-order chi connectivity index (χ0) is 22.9. The van der Waals surface area contributed by atoms with Crippen molar-refractivity contribution in [1.29, 1.82) is 0 Å². The Labute approximate surface area is 200 Å². The highest BCUT2D eigenvalue weighted by Crippen LogP contribution is 2.22. The van der Waals surface area contributed by atoms with Gasteiger partial charge in [-0.2, -0.15) is 5.10 Å². The van der Waals surface area contributed by atoms with Gasteiger partial charge in [0.25, 0.3) is 5.91 Å². The van der Waals surface area contributed by atoms with Gasteiger partial charge in [0.2, 0.25) is 0 Å². The molecule has 33 heavy (non-hydrogen) atoms. The number of benzene rings is 3. The van der Waals surface area contributed by atoms with Crippen molar-refractivity contribution >= 4 is 41.2 Å². The summed E-state index contributed by atoms with van der Waals surface area (Å²) in [5, 5.41) is 17.2. The second-order valence-corrected chi connectivity index (χ2v) is 8.24. The van der Waals surface area contributed by atoms with Crippen LogP contribution in [0, 0.1) is 0 Å². The lowest BCUT2D eigenvalue weighted by Crippen LogP contribution is -2.20. The Morgan fingerprint density at radius 2 is 1.67 bits per heavy atom. The third-order valence-electron chi connectivity index (χ3n) is 4.57. The fourth-order valence-electron chi connectivity index (χ4n) is 3.00. The van der Waals surface area contributed by atoms with Crippen LogP contribution in [-0.4, -0.2) is 32.6 Å². The van der Waals surface area contributed by atoms with Crippen LogP contribution in [0.4, 0.5) is 5.69 Å². The lowest BCUT2D eigenvalue weighted by molar-refractivity contribution is -0.118. The Morgan fingerprint density at radius 3 is 2.42 bits per heavy atom. The molecule has 0 unspecified atom stereocenters. The van der Waals surface area contributed by atoms with Crippen molar-refractivity contribution in [2.75, 3.05) is 11.1 Å². The number of rotatable bonds is 9. The molecule has 0 spiro atoms. The van der Waals surface area contributed by atoms with Gasteiger partial charge in [-0.05, 0) is 30.3 Å². The van der Waals surface area contributed by atoms with Crippen LogP contribution in [0.5, 0.6) is 0 Å². The monoisotopic (exact) mass is 476 g/mol. The number of para-hydroxylation sites is 2. The van der Waals surface area contributed by atoms with E-state index in [9.17, 15) is 4.79 Å². The number of halogens is 1. The molecule has 2 N–H and O–H groups in total. The van der Waals surface area contributed by atoms with Crippen LogP contribution in [-0.2, 0) is 11.3 Å². The lowest BCUT2D eigenvalue weighted by Gasteiger charge is -2.11. The van der Waals surface area contributed by atoms with E-state index in [0.717, 1.165) is 22.8 Å². The number of thioether (sulfide) groups is 1. The number of hydrazone groups is 1. The fraction of sp³-hybridized carbons (Fsp3) is 0.0833. The first-order valence-electron chi connectivity index (χ1n) is 10.2. The van der Waals surface area contributed by atoms with Crippen LogP contribution < -0.4 is 10.7 Å². The second kappa shape index (κ2) is 11.3. The van der Waals surface area contributed by atoms with E-state index in [1.807, 2.05) is 83.4 Å². The molecular formula is C24H21ClN6OS. The van der Waals surface area contributed by atoms with Gasteiger partial charge in [-0.15, -0.1) is 10.2 Å². The van der Waals surface area contributed by atoms with Crippen molar-refractivity contribution < 1.29 is 4.79 Å². The highest BCUT2D eigenvalue weighted by atomic mass is 35.5. The zero-order valence-electron chi connectivity index (χ0n) is 17.6. The van der Waals surface area contributed by atoms with Crippen LogP contribution >= 0.6 is 23.4 Å². The molecule has 0 aliphatic rings. The zero-order valence-corrected chi connectivity index (χ0v) is 19.1. The molecule has 0 aliphatic carbocycles.